The van der Waals surface area contributed by atoms with Gasteiger partial charge in [0.2, 0.25) is 0 Å². The second-order valence-corrected chi connectivity index (χ2v) is 7.48. The highest BCUT2D eigenvalue weighted by atomic mass is 16.6. The zero-order valence-electron chi connectivity index (χ0n) is 17.3. The van der Waals surface area contributed by atoms with Crippen molar-refractivity contribution >= 4 is 12.1 Å². The average molecular weight is 401 g/mol. The van der Waals surface area contributed by atoms with Gasteiger partial charge in [-0.3, -0.25) is 0 Å². The molecule has 2 aromatic carbocycles. The molecule has 156 valence electrons. The van der Waals surface area contributed by atoms with E-state index in [9.17, 15) is 14.7 Å². The molecule has 1 amide bonds. The van der Waals surface area contributed by atoms with Crippen LogP contribution < -0.4 is 10.1 Å². The minimum absolute atomic E-state index is 0.108. The summed E-state index contributed by atoms with van der Waals surface area (Å²) in [7, 11) is 2.80. The molecular formula is C22H27NO6. The van der Waals surface area contributed by atoms with Gasteiger partial charge in [-0.25, -0.2) is 9.59 Å². The molecule has 0 saturated carbocycles. The Kier molecular flexibility index (Phi) is 7.09. The van der Waals surface area contributed by atoms with Crippen molar-refractivity contribution in [1.29, 1.82) is 0 Å². The molecule has 0 radical (unpaired) electrons. The van der Waals surface area contributed by atoms with Crippen LogP contribution in [0.3, 0.4) is 0 Å². The van der Waals surface area contributed by atoms with Crippen molar-refractivity contribution in [3.05, 3.63) is 48.0 Å². The average Bonchev–Trinajstić information content (AvgIpc) is 2.66. The second kappa shape index (κ2) is 9.32. The number of phenols is 1. The summed E-state index contributed by atoms with van der Waals surface area (Å²) in [6.07, 6.45) is -0.465. The summed E-state index contributed by atoms with van der Waals surface area (Å²) >= 11 is 0. The van der Waals surface area contributed by atoms with Gasteiger partial charge in [0.1, 0.15) is 23.1 Å². The van der Waals surface area contributed by atoms with Gasteiger partial charge in [0.15, 0.2) is 0 Å². The first-order valence-electron chi connectivity index (χ1n) is 9.17. The lowest BCUT2D eigenvalue weighted by molar-refractivity contribution is -0.143. The number of phenolic OH excluding ortho intramolecular Hbond substituents is 1. The van der Waals surface area contributed by atoms with Gasteiger partial charge in [0, 0.05) is 6.42 Å². The maximum absolute atomic E-state index is 12.1. The summed E-state index contributed by atoms with van der Waals surface area (Å²) in [6.45, 7) is 5.23. The molecule has 1 atom stereocenters. The maximum atomic E-state index is 12.1. The molecule has 0 aliphatic carbocycles. The number of hydrogen-bond acceptors (Lipinski definition) is 6. The zero-order valence-corrected chi connectivity index (χ0v) is 17.3. The van der Waals surface area contributed by atoms with E-state index in [1.54, 1.807) is 39.0 Å². The predicted octanol–water partition coefficient (Wildman–Crippen LogP) is 3.68. The van der Waals surface area contributed by atoms with Gasteiger partial charge in [0.25, 0.3) is 0 Å². The van der Waals surface area contributed by atoms with Gasteiger partial charge in [0.05, 0.1) is 19.8 Å². The fraction of sp³-hybridized carbons (Fsp3) is 0.364. The molecule has 2 N–H and O–H groups in total. The van der Waals surface area contributed by atoms with Gasteiger partial charge in [-0.2, -0.15) is 0 Å². The Morgan fingerprint density at radius 3 is 2.28 bits per heavy atom. The molecule has 7 nitrogen and oxygen atoms in total. The molecule has 0 heterocycles. The third-order valence-electron chi connectivity index (χ3n) is 4.08. The van der Waals surface area contributed by atoms with Crippen LogP contribution in [0.4, 0.5) is 4.79 Å². The van der Waals surface area contributed by atoms with Crippen molar-refractivity contribution in [3.8, 4) is 22.6 Å². The van der Waals surface area contributed by atoms with Crippen molar-refractivity contribution in [3.63, 3.8) is 0 Å². The van der Waals surface area contributed by atoms with Gasteiger partial charge >= 0.3 is 12.1 Å². The van der Waals surface area contributed by atoms with Crippen LogP contribution >= 0.6 is 0 Å². The summed E-state index contributed by atoms with van der Waals surface area (Å²) in [6, 6.07) is 11.4. The summed E-state index contributed by atoms with van der Waals surface area (Å²) in [5, 5.41) is 12.7. The van der Waals surface area contributed by atoms with Crippen LogP contribution in [0.5, 0.6) is 11.5 Å². The molecule has 0 aliphatic rings. The van der Waals surface area contributed by atoms with Crippen molar-refractivity contribution in [2.24, 2.45) is 0 Å². The lowest BCUT2D eigenvalue weighted by Crippen LogP contribution is -2.45. The molecule has 0 aromatic heterocycles. The van der Waals surface area contributed by atoms with E-state index in [-0.39, 0.29) is 12.2 Å². The third-order valence-corrected chi connectivity index (χ3v) is 4.08. The van der Waals surface area contributed by atoms with E-state index in [1.807, 2.05) is 24.3 Å². The number of aromatic hydroxyl groups is 1. The quantitative estimate of drug-likeness (QED) is 0.717. The topological polar surface area (TPSA) is 94.1 Å². The van der Waals surface area contributed by atoms with Gasteiger partial charge in [-0.15, -0.1) is 0 Å². The normalized spacial score (nSPS) is 12.0. The molecule has 7 heteroatoms. The molecule has 29 heavy (non-hydrogen) atoms. The largest absolute Gasteiger partial charge is 0.507 e. The molecule has 0 fully saturated rings. The first-order chi connectivity index (χ1) is 13.6. The first-order valence-corrected chi connectivity index (χ1v) is 9.17. The number of nitrogens with one attached hydrogen (secondary N) is 1. The van der Waals surface area contributed by atoms with Crippen LogP contribution in [0.15, 0.2) is 42.5 Å². The fourth-order valence-electron chi connectivity index (χ4n) is 2.81. The Morgan fingerprint density at radius 2 is 1.72 bits per heavy atom. The van der Waals surface area contributed by atoms with Crippen molar-refractivity contribution < 1.29 is 28.9 Å². The van der Waals surface area contributed by atoms with Crippen molar-refractivity contribution in [2.45, 2.75) is 38.8 Å². The molecule has 0 spiro atoms. The number of hydrogen-bond donors (Lipinski definition) is 2. The Hall–Kier alpha value is -3.22. The van der Waals surface area contributed by atoms with Gasteiger partial charge in [-0.05, 0) is 44.0 Å². The summed E-state index contributed by atoms with van der Waals surface area (Å²) in [5.41, 5.74) is 1.47. The second-order valence-electron chi connectivity index (χ2n) is 7.48. The molecular weight excluding hydrogens is 374 g/mol. The number of benzene rings is 2. The maximum Gasteiger partial charge on any atom is 0.408 e. The summed E-state index contributed by atoms with van der Waals surface area (Å²) in [4.78, 5) is 24.1. The number of carbonyl (C=O) groups excluding carboxylic acids is 2. The minimum Gasteiger partial charge on any atom is -0.507 e. The number of carbonyl (C=O) groups is 2. The van der Waals surface area contributed by atoms with E-state index in [4.69, 9.17) is 14.2 Å². The smallest absolute Gasteiger partial charge is 0.408 e. The molecule has 0 unspecified atom stereocenters. The van der Waals surface area contributed by atoms with Crippen LogP contribution in [-0.4, -0.2) is 43.0 Å². The summed E-state index contributed by atoms with van der Waals surface area (Å²) < 4.78 is 15.3. The van der Waals surface area contributed by atoms with E-state index < -0.39 is 23.7 Å². The van der Waals surface area contributed by atoms with Crippen LogP contribution in [0.2, 0.25) is 0 Å². The minimum atomic E-state index is -0.889. The Bertz CT molecular complexity index is 855. The zero-order chi connectivity index (χ0) is 21.6. The van der Waals surface area contributed by atoms with E-state index in [0.29, 0.717) is 11.3 Å². The Morgan fingerprint density at radius 1 is 1.07 bits per heavy atom. The number of esters is 1. The highest BCUT2D eigenvalue weighted by Crippen LogP contribution is 2.37. The van der Waals surface area contributed by atoms with Gasteiger partial charge < -0.3 is 24.6 Å². The standard InChI is InChI=1S/C22H27NO6/c1-22(2,3)29-21(26)23-16(20(25)28-5)13-14-9-11-15(12-10-14)19-17(24)7-6-8-18(19)27-4/h6-12,16,24H,13H2,1-5H3,(H,23,26)/t16-/m0/s1. The van der Waals surface area contributed by atoms with Crippen LogP contribution in [-0.2, 0) is 20.7 Å². The van der Waals surface area contributed by atoms with Gasteiger partial charge in [-0.1, -0.05) is 30.3 Å². The number of amides is 1. The Labute approximate surface area is 170 Å². The molecule has 0 saturated heterocycles. The van der Waals surface area contributed by atoms with E-state index in [1.165, 1.54) is 14.2 Å². The van der Waals surface area contributed by atoms with Crippen LogP contribution in [0.1, 0.15) is 26.3 Å². The molecule has 2 aromatic rings. The highest BCUT2D eigenvalue weighted by Gasteiger charge is 2.25. The number of alkyl carbamates (subject to hydrolysis) is 1. The predicted molar refractivity (Wildman–Crippen MR) is 109 cm³/mol. The lowest BCUT2D eigenvalue weighted by atomic mass is 9.99. The Balaban J connectivity index is 2.19. The SMILES string of the molecule is COC(=O)[C@H](Cc1ccc(-c2c(O)cccc2OC)cc1)NC(=O)OC(C)(C)C. The number of ether oxygens (including phenoxy) is 3. The monoisotopic (exact) mass is 401 g/mol. The lowest BCUT2D eigenvalue weighted by Gasteiger charge is -2.22. The number of methoxy groups -OCH3 is 2. The van der Waals surface area contributed by atoms with Crippen LogP contribution in [0, 0.1) is 0 Å². The molecule has 2 rings (SSSR count). The fourth-order valence-corrected chi connectivity index (χ4v) is 2.81. The highest BCUT2D eigenvalue weighted by molar-refractivity contribution is 5.82. The van der Waals surface area contributed by atoms with Crippen LogP contribution in [0.25, 0.3) is 11.1 Å². The van der Waals surface area contributed by atoms with Crippen molar-refractivity contribution in [1.82, 2.24) is 5.32 Å². The molecule has 0 aliphatic heterocycles. The molecule has 0 bridgehead atoms. The van der Waals surface area contributed by atoms with E-state index in [0.717, 1.165) is 11.1 Å². The number of rotatable bonds is 6. The van der Waals surface area contributed by atoms with Crippen molar-refractivity contribution in [2.75, 3.05) is 14.2 Å². The van der Waals surface area contributed by atoms with E-state index in [2.05, 4.69) is 5.32 Å². The third kappa shape index (κ3) is 6.14. The summed E-state index contributed by atoms with van der Waals surface area (Å²) in [5.74, 6) is 0.0928. The first kappa shape index (κ1) is 22.1. The van der Waals surface area contributed by atoms with E-state index >= 15 is 0 Å².